The van der Waals surface area contributed by atoms with Crippen molar-refractivity contribution >= 4 is 11.6 Å². The van der Waals surface area contributed by atoms with Crippen molar-refractivity contribution in [2.75, 3.05) is 25.5 Å². The van der Waals surface area contributed by atoms with Gasteiger partial charge in [0, 0.05) is 43.0 Å². The van der Waals surface area contributed by atoms with E-state index in [9.17, 15) is 13.6 Å². The van der Waals surface area contributed by atoms with E-state index in [1.807, 2.05) is 30.0 Å². The summed E-state index contributed by atoms with van der Waals surface area (Å²) in [5.74, 6) is 0.809. The molecule has 1 spiro atoms. The molecule has 2 aliphatic heterocycles. The number of carbonyl (C=O) groups is 1. The predicted molar refractivity (Wildman–Crippen MR) is 120 cm³/mol. The number of ether oxygens (including phenoxy) is 2. The number of carbonyl (C=O) groups excluding carboxylic acids is 1. The van der Waals surface area contributed by atoms with Crippen molar-refractivity contribution in [1.82, 2.24) is 9.47 Å². The Morgan fingerprint density at radius 3 is 2.70 bits per heavy atom. The van der Waals surface area contributed by atoms with Gasteiger partial charge in [0.1, 0.15) is 11.5 Å². The molecule has 6 nitrogen and oxygen atoms in total. The quantitative estimate of drug-likeness (QED) is 0.718. The summed E-state index contributed by atoms with van der Waals surface area (Å²) >= 11 is 0. The van der Waals surface area contributed by atoms with Crippen LogP contribution in [0.3, 0.4) is 0 Å². The number of nitrogens with zero attached hydrogens (tertiary/aromatic N) is 2. The van der Waals surface area contributed by atoms with Crippen LogP contribution in [0.15, 0.2) is 60.0 Å². The third-order valence-electron chi connectivity index (χ3n) is 6.95. The molecule has 174 valence electrons. The maximum atomic E-state index is 13.2. The van der Waals surface area contributed by atoms with Crippen LogP contribution in [0.5, 0.6) is 5.75 Å². The van der Waals surface area contributed by atoms with Crippen LogP contribution in [0, 0.1) is 5.92 Å². The highest BCUT2D eigenvalue weighted by Gasteiger charge is 2.43. The molecule has 1 unspecified atom stereocenters. The lowest BCUT2D eigenvalue weighted by Crippen LogP contribution is -2.51. The average Bonchev–Trinajstić information content (AvgIpc) is 3.30. The molecule has 1 saturated heterocycles. The molecule has 3 heterocycles. The molecule has 33 heavy (non-hydrogen) atoms. The van der Waals surface area contributed by atoms with Gasteiger partial charge in [-0.3, -0.25) is 4.79 Å². The first-order valence-electron chi connectivity index (χ1n) is 11.2. The third-order valence-corrected chi connectivity index (χ3v) is 6.95. The van der Waals surface area contributed by atoms with Crippen molar-refractivity contribution in [1.29, 1.82) is 0 Å². The zero-order valence-corrected chi connectivity index (χ0v) is 18.7. The number of nitrogens with one attached hydrogen (secondary N) is 1. The zero-order chi connectivity index (χ0) is 23.2. The molecule has 1 aromatic heterocycles. The summed E-state index contributed by atoms with van der Waals surface area (Å²) in [6.45, 7) is 0.228. The highest BCUT2D eigenvalue weighted by molar-refractivity contribution is 5.94. The lowest BCUT2D eigenvalue weighted by molar-refractivity contribution is -0.129. The summed E-state index contributed by atoms with van der Waals surface area (Å²) in [6.07, 6.45) is 7.01. The third kappa shape index (κ3) is 3.77. The average molecular weight is 456 g/mol. The second-order valence-corrected chi connectivity index (χ2v) is 8.88. The minimum Gasteiger partial charge on any atom is -0.497 e. The van der Waals surface area contributed by atoms with Crippen LogP contribution in [0.2, 0.25) is 0 Å². The maximum Gasteiger partial charge on any atom is 0.387 e. The van der Waals surface area contributed by atoms with Crippen LogP contribution < -0.4 is 10.1 Å². The summed E-state index contributed by atoms with van der Waals surface area (Å²) in [5.41, 5.74) is 3.65. The monoisotopic (exact) mass is 455 g/mol. The molecule has 1 fully saturated rings. The number of alkyl halides is 2. The SMILES string of the molecule is COc1ccc2c(c1)NC1(CCN(C(=O)C3=CC=C(OC(F)F)CC3C)CC1)c1cccn1-2. The van der Waals surface area contributed by atoms with Crippen molar-refractivity contribution < 1.29 is 23.0 Å². The molecule has 1 aliphatic carbocycles. The molecule has 1 amide bonds. The molecule has 0 radical (unpaired) electrons. The van der Waals surface area contributed by atoms with Crippen molar-refractivity contribution in [3.8, 4) is 11.4 Å². The van der Waals surface area contributed by atoms with Crippen LogP contribution in [0.1, 0.15) is 31.9 Å². The predicted octanol–water partition coefficient (Wildman–Crippen LogP) is 4.82. The van der Waals surface area contributed by atoms with E-state index in [1.54, 1.807) is 13.2 Å². The number of fused-ring (bicyclic) bond motifs is 4. The Morgan fingerprint density at radius 2 is 2.00 bits per heavy atom. The Balaban J connectivity index is 1.34. The number of allylic oxidation sites excluding steroid dienone is 3. The van der Waals surface area contributed by atoms with Gasteiger partial charge < -0.3 is 24.3 Å². The van der Waals surface area contributed by atoms with E-state index < -0.39 is 6.61 Å². The van der Waals surface area contributed by atoms with Crippen molar-refractivity contribution in [2.24, 2.45) is 5.92 Å². The minimum absolute atomic E-state index is 0.0297. The Bertz CT molecular complexity index is 1130. The van der Waals surface area contributed by atoms with E-state index in [1.165, 1.54) is 11.8 Å². The van der Waals surface area contributed by atoms with Gasteiger partial charge >= 0.3 is 6.61 Å². The molecule has 3 aliphatic rings. The fourth-order valence-corrected chi connectivity index (χ4v) is 5.22. The fraction of sp³-hybridized carbons (Fsp3) is 0.400. The number of piperidine rings is 1. The Hall–Kier alpha value is -3.29. The molecule has 0 saturated carbocycles. The first-order chi connectivity index (χ1) is 15.9. The summed E-state index contributed by atoms with van der Waals surface area (Å²) in [7, 11) is 1.66. The first kappa shape index (κ1) is 21.6. The lowest BCUT2D eigenvalue weighted by Gasteiger charge is -2.46. The van der Waals surface area contributed by atoms with Gasteiger partial charge in [0.25, 0.3) is 0 Å². The number of hydrogen-bond donors (Lipinski definition) is 1. The summed E-state index contributed by atoms with van der Waals surface area (Å²) in [4.78, 5) is 15.1. The number of benzene rings is 1. The number of anilines is 1. The molecule has 1 aromatic carbocycles. The minimum atomic E-state index is -2.85. The number of halogens is 2. The number of rotatable bonds is 4. The maximum absolute atomic E-state index is 13.2. The van der Waals surface area contributed by atoms with Gasteiger partial charge in [-0.25, -0.2) is 0 Å². The first-order valence-corrected chi connectivity index (χ1v) is 11.2. The van der Waals surface area contributed by atoms with E-state index in [4.69, 9.17) is 4.74 Å². The normalized spacial score (nSPS) is 21.0. The van der Waals surface area contributed by atoms with Crippen molar-refractivity contribution in [2.45, 2.75) is 38.3 Å². The molecule has 1 atom stereocenters. The van der Waals surface area contributed by atoms with Gasteiger partial charge in [-0.15, -0.1) is 0 Å². The van der Waals surface area contributed by atoms with E-state index in [0.717, 1.165) is 30.0 Å². The smallest absolute Gasteiger partial charge is 0.387 e. The van der Waals surface area contributed by atoms with Crippen LogP contribution >= 0.6 is 0 Å². The van der Waals surface area contributed by atoms with E-state index >= 15 is 0 Å². The Morgan fingerprint density at radius 1 is 1.21 bits per heavy atom. The standard InChI is InChI=1S/C25H27F2N3O3/c1-16-14-18(33-24(26)27)5-7-19(16)23(31)29-12-9-25(10-13-29)22-4-3-11-30(22)21-8-6-17(32-2)15-20(21)28-25/h3-8,11,15-16,24,28H,9-10,12-14H2,1-2H3. The highest BCUT2D eigenvalue weighted by atomic mass is 19.3. The number of aromatic nitrogens is 1. The molecule has 8 heteroatoms. The van der Waals surface area contributed by atoms with Gasteiger partial charge in [0.2, 0.25) is 5.91 Å². The number of hydrogen-bond acceptors (Lipinski definition) is 4. The van der Waals surface area contributed by atoms with Crippen molar-refractivity contribution in [3.05, 3.63) is 65.7 Å². The summed E-state index contributed by atoms with van der Waals surface area (Å²) in [6, 6.07) is 10.2. The van der Waals surface area contributed by atoms with Crippen LogP contribution in [0.25, 0.3) is 5.69 Å². The second kappa shape index (κ2) is 8.24. The van der Waals surface area contributed by atoms with Gasteiger partial charge in [-0.1, -0.05) is 6.92 Å². The number of likely N-dealkylation sites (tertiary alicyclic amines) is 1. The van der Waals surface area contributed by atoms with Crippen LogP contribution in [-0.4, -0.2) is 42.2 Å². The van der Waals surface area contributed by atoms with Crippen LogP contribution in [0.4, 0.5) is 14.5 Å². The highest BCUT2D eigenvalue weighted by Crippen LogP contribution is 2.44. The summed E-state index contributed by atoms with van der Waals surface area (Å²) in [5, 5.41) is 3.75. The van der Waals surface area contributed by atoms with Gasteiger partial charge in [-0.2, -0.15) is 8.78 Å². The van der Waals surface area contributed by atoms with Crippen LogP contribution in [-0.2, 0) is 15.1 Å². The van der Waals surface area contributed by atoms with Gasteiger partial charge in [-0.05, 0) is 55.2 Å². The number of methoxy groups -OCH3 is 1. The van der Waals surface area contributed by atoms with E-state index in [0.29, 0.717) is 25.1 Å². The van der Waals surface area contributed by atoms with Crippen molar-refractivity contribution in [3.63, 3.8) is 0 Å². The lowest BCUT2D eigenvalue weighted by atomic mass is 9.81. The largest absolute Gasteiger partial charge is 0.497 e. The van der Waals surface area contributed by atoms with E-state index in [2.05, 4.69) is 33.0 Å². The molecule has 5 rings (SSSR count). The molecule has 2 aromatic rings. The Kier molecular flexibility index (Phi) is 5.38. The number of amides is 1. The summed E-state index contributed by atoms with van der Waals surface area (Å²) < 4.78 is 37.2. The second-order valence-electron chi connectivity index (χ2n) is 8.88. The van der Waals surface area contributed by atoms with E-state index in [-0.39, 0.29) is 23.1 Å². The van der Waals surface area contributed by atoms with Gasteiger partial charge in [0.05, 0.1) is 24.0 Å². The molecular formula is C25H27F2N3O3. The molecule has 1 N–H and O–H groups in total. The molecular weight excluding hydrogens is 428 g/mol. The fourth-order valence-electron chi connectivity index (χ4n) is 5.22. The molecule has 0 bridgehead atoms. The zero-order valence-electron chi connectivity index (χ0n) is 18.7. The topological polar surface area (TPSA) is 55.7 Å². The van der Waals surface area contributed by atoms with Gasteiger partial charge in [0.15, 0.2) is 0 Å². The Labute approximate surface area is 191 Å².